The van der Waals surface area contributed by atoms with Crippen LogP contribution in [0.2, 0.25) is 0 Å². The molecule has 15 heavy (non-hydrogen) atoms. The number of carbonyl (C=O) groups excluding carboxylic acids is 2. The molecule has 0 saturated carbocycles. The average molecular weight is 217 g/mol. The van der Waals surface area contributed by atoms with E-state index in [1.807, 2.05) is 7.05 Å². The molecular formula is C10H19NO4. The van der Waals surface area contributed by atoms with E-state index >= 15 is 0 Å². The monoisotopic (exact) mass is 217 g/mol. The average Bonchev–Trinajstić information content (AvgIpc) is 2.20. The van der Waals surface area contributed by atoms with Crippen molar-refractivity contribution in [1.29, 1.82) is 0 Å². The summed E-state index contributed by atoms with van der Waals surface area (Å²) >= 11 is 0. The van der Waals surface area contributed by atoms with Crippen LogP contribution in [0.1, 0.15) is 19.8 Å². The Morgan fingerprint density at radius 1 is 1.13 bits per heavy atom. The second kappa shape index (κ2) is 9.61. The molecule has 0 heterocycles. The van der Waals surface area contributed by atoms with Gasteiger partial charge in [-0.15, -0.1) is 0 Å². The van der Waals surface area contributed by atoms with Gasteiger partial charge in [-0.3, -0.25) is 4.79 Å². The third-order valence-electron chi connectivity index (χ3n) is 1.67. The Hall–Kier alpha value is -0.940. The van der Waals surface area contributed by atoms with Gasteiger partial charge in [-0.1, -0.05) is 0 Å². The molecule has 0 unspecified atom stereocenters. The van der Waals surface area contributed by atoms with Gasteiger partial charge in [-0.2, -0.15) is 0 Å². The first-order valence-corrected chi connectivity index (χ1v) is 5.04. The van der Waals surface area contributed by atoms with E-state index in [4.69, 9.17) is 9.47 Å². The highest BCUT2D eigenvalue weighted by Crippen LogP contribution is 1.93. The molecule has 0 spiro atoms. The molecule has 0 aliphatic heterocycles. The summed E-state index contributed by atoms with van der Waals surface area (Å²) in [5, 5.41) is 2.93. The maximum Gasteiger partial charge on any atom is 0.306 e. The van der Waals surface area contributed by atoms with Crippen molar-refractivity contribution < 1.29 is 19.1 Å². The predicted octanol–water partition coefficient (Wildman–Crippen LogP) is 0.135. The maximum atomic E-state index is 11.0. The standard InChI is InChI=1S/C10H19NO4/c1-9(12)3-4-10(13)15-8-7-14-6-5-11-2/h11H,3-8H2,1-2H3. The Labute approximate surface area is 90.1 Å². The van der Waals surface area contributed by atoms with Crippen molar-refractivity contribution in [2.75, 3.05) is 33.4 Å². The zero-order valence-corrected chi connectivity index (χ0v) is 9.38. The van der Waals surface area contributed by atoms with Gasteiger partial charge >= 0.3 is 5.97 Å². The van der Waals surface area contributed by atoms with Crippen molar-refractivity contribution in [3.63, 3.8) is 0 Å². The molecule has 0 bridgehead atoms. The number of carbonyl (C=O) groups is 2. The molecule has 0 aromatic rings. The lowest BCUT2D eigenvalue weighted by atomic mass is 10.2. The van der Waals surface area contributed by atoms with Crippen molar-refractivity contribution in [3.05, 3.63) is 0 Å². The van der Waals surface area contributed by atoms with Gasteiger partial charge in [0.25, 0.3) is 0 Å². The van der Waals surface area contributed by atoms with Crippen LogP contribution < -0.4 is 5.32 Å². The highest BCUT2D eigenvalue weighted by molar-refractivity contribution is 5.80. The summed E-state index contributed by atoms with van der Waals surface area (Å²) < 4.78 is 9.98. The topological polar surface area (TPSA) is 64.6 Å². The number of likely N-dealkylation sites (N-methyl/N-ethyl adjacent to an activating group) is 1. The van der Waals surface area contributed by atoms with Gasteiger partial charge in [-0.05, 0) is 14.0 Å². The summed E-state index contributed by atoms with van der Waals surface area (Å²) in [7, 11) is 1.84. The van der Waals surface area contributed by atoms with E-state index in [1.54, 1.807) is 0 Å². The van der Waals surface area contributed by atoms with Crippen LogP contribution in [-0.2, 0) is 19.1 Å². The Bertz CT molecular complexity index is 194. The van der Waals surface area contributed by atoms with Crippen molar-refractivity contribution in [1.82, 2.24) is 5.32 Å². The molecule has 88 valence electrons. The summed E-state index contributed by atoms with van der Waals surface area (Å²) in [6.45, 7) is 3.47. The van der Waals surface area contributed by atoms with Crippen LogP contribution in [0, 0.1) is 0 Å². The van der Waals surface area contributed by atoms with Crippen molar-refractivity contribution in [3.8, 4) is 0 Å². The second-order valence-electron chi connectivity index (χ2n) is 3.14. The van der Waals surface area contributed by atoms with Crippen LogP contribution in [0.15, 0.2) is 0 Å². The molecule has 0 aliphatic rings. The lowest BCUT2D eigenvalue weighted by Crippen LogP contribution is -2.17. The fourth-order valence-corrected chi connectivity index (χ4v) is 0.841. The second-order valence-corrected chi connectivity index (χ2v) is 3.14. The smallest absolute Gasteiger partial charge is 0.306 e. The van der Waals surface area contributed by atoms with Gasteiger partial charge < -0.3 is 19.6 Å². The minimum absolute atomic E-state index is 0.00257. The Balaban J connectivity index is 3.20. The molecule has 0 aliphatic carbocycles. The van der Waals surface area contributed by atoms with E-state index in [1.165, 1.54) is 6.92 Å². The lowest BCUT2D eigenvalue weighted by Gasteiger charge is -2.05. The third kappa shape index (κ3) is 11.0. The fourth-order valence-electron chi connectivity index (χ4n) is 0.841. The number of nitrogens with one attached hydrogen (secondary N) is 1. The number of ether oxygens (including phenoxy) is 2. The van der Waals surface area contributed by atoms with E-state index in [9.17, 15) is 9.59 Å². The third-order valence-corrected chi connectivity index (χ3v) is 1.67. The summed E-state index contributed by atoms with van der Waals surface area (Å²) in [5.41, 5.74) is 0. The van der Waals surface area contributed by atoms with Crippen molar-refractivity contribution >= 4 is 11.8 Å². The summed E-state index contributed by atoms with van der Waals surface area (Å²) in [6.07, 6.45) is 0.408. The SMILES string of the molecule is CNCCOCCOC(=O)CCC(C)=O. The molecule has 0 amide bonds. The fraction of sp³-hybridized carbons (Fsp3) is 0.800. The van der Waals surface area contributed by atoms with Gasteiger partial charge in [0.2, 0.25) is 0 Å². The molecule has 0 fully saturated rings. The zero-order valence-electron chi connectivity index (χ0n) is 9.38. The van der Waals surface area contributed by atoms with E-state index in [2.05, 4.69) is 5.32 Å². The minimum Gasteiger partial charge on any atom is -0.463 e. The van der Waals surface area contributed by atoms with Gasteiger partial charge in [0.05, 0.1) is 19.6 Å². The molecule has 0 atom stereocenters. The number of hydrogen-bond donors (Lipinski definition) is 1. The molecule has 1 N–H and O–H groups in total. The highest BCUT2D eigenvalue weighted by Gasteiger charge is 2.04. The quantitative estimate of drug-likeness (QED) is 0.439. The summed E-state index contributed by atoms with van der Waals surface area (Å²) in [4.78, 5) is 21.6. The first-order chi connectivity index (χ1) is 7.16. The number of Topliss-reactive ketones (excluding diaryl/α,β-unsaturated/α-hetero) is 1. The minimum atomic E-state index is -0.345. The molecule has 5 nitrogen and oxygen atoms in total. The Morgan fingerprint density at radius 3 is 2.47 bits per heavy atom. The van der Waals surface area contributed by atoms with E-state index < -0.39 is 0 Å². The number of esters is 1. The summed E-state index contributed by atoms with van der Waals surface area (Å²) in [5.74, 6) is -0.348. The molecule has 5 heteroatoms. The van der Waals surface area contributed by atoms with E-state index in [-0.39, 0.29) is 31.2 Å². The highest BCUT2D eigenvalue weighted by atomic mass is 16.6. The Kier molecular flexibility index (Phi) is 9.01. The predicted molar refractivity (Wildman–Crippen MR) is 55.6 cm³/mol. The van der Waals surface area contributed by atoms with Crippen LogP contribution in [0.3, 0.4) is 0 Å². The van der Waals surface area contributed by atoms with E-state index in [0.717, 1.165) is 6.54 Å². The van der Waals surface area contributed by atoms with Crippen LogP contribution in [0.5, 0.6) is 0 Å². The number of hydrogen-bond acceptors (Lipinski definition) is 5. The first kappa shape index (κ1) is 14.1. The normalized spacial score (nSPS) is 10.0. The molecule has 0 aromatic heterocycles. The van der Waals surface area contributed by atoms with Crippen LogP contribution in [0.25, 0.3) is 0 Å². The molecular weight excluding hydrogens is 198 g/mol. The lowest BCUT2D eigenvalue weighted by molar-refractivity contribution is -0.146. The van der Waals surface area contributed by atoms with Gasteiger partial charge in [0.1, 0.15) is 12.4 Å². The first-order valence-electron chi connectivity index (χ1n) is 5.04. The summed E-state index contributed by atoms with van der Waals surface area (Å²) in [6, 6.07) is 0. The van der Waals surface area contributed by atoms with E-state index in [0.29, 0.717) is 13.2 Å². The van der Waals surface area contributed by atoms with Gasteiger partial charge in [0, 0.05) is 13.0 Å². The molecule has 0 rings (SSSR count). The van der Waals surface area contributed by atoms with Crippen LogP contribution in [0.4, 0.5) is 0 Å². The van der Waals surface area contributed by atoms with Crippen molar-refractivity contribution in [2.45, 2.75) is 19.8 Å². The molecule has 0 aromatic carbocycles. The Morgan fingerprint density at radius 2 is 1.87 bits per heavy atom. The van der Waals surface area contributed by atoms with Crippen LogP contribution in [-0.4, -0.2) is 45.2 Å². The maximum absolute atomic E-state index is 11.0. The van der Waals surface area contributed by atoms with Gasteiger partial charge in [-0.25, -0.2) is 0 Å². The number of ketones is 1. The van der Waals surface area contributed by atoms with Gasteiger partial charge in [0.15, 0.2) is 0 Å². The number of rotatable bonds is 9. The molecule has 0 radical (unpaired) electrons. The van der Waals surface area contributed by atoms with Crippen molar-refractivity contribution in [2.24, 2.45) is 0 Å². The van der Waals surface area contributed by atoms with Crippen LogP contribution >= 0.6 is 0 Å². The zero-order chi connectivity index (χ0) is 11.5. The largest absolute Gasteiger partial charge is 0.463 e. The molecule has 0 saturated heterocycles.